The number of phenolic OH excluding ortho intramolecular Hbond substituents is 2. The van der Waals surface area contributed by atoms with E-state index in [4.69, 9.17) is 16.7 Å². The summed E-state index contributed by atoms with van der Waals surface area (Å²) in [7, 11) is 0. The zero-order valence-electron chi connectivity index (χ0n) is 9.88. The third-order valence-electron chi connectivity index (χ3n) is 2.52. The lowest BCUT2D eigenvalue weighted by Crippen LogP contribution is -1.94. The van der Waals surface area contributed by atoms with E-state index in [0.717, 1.165) is 11.6 Å². The van der Waals surface area contributed by atoms with Crippen molar-refractivity contribution in [3.05, 3.63) is 64.7 Å². The van der Waals surface area contributed by atoms with Gasteiger partial charge in [0.05, 0.1) is 5.56 Å². The van der Waals surface area contributed by atoms with Crippen molar-refractivity contribution < 1.29 is 15.0 Å². The molecule has 0 aliphatic carbocycles. The topological polar surface area (TPSA) is 57.5 Å². The molecule has 0 heterocycles. The van der Waals surface area contributed by atoms with E-state index in [1.807, 2.05) is 6.07 Å². The smallest absolute Gasteiger partial charge is 0.189 e. The van der Waals surface area contributed by atoms with Crippen LogP contribution in [0.2, 0.25) is 5.02 Å². The standard InChI is InChI=1S/C15H11ClO3/c16-11-3-1-2-10(8-11)4-7-14(18)13-6-5-12(17)9-15(13)19/h1-9,17,19H/b7-4+. The number of halogens is 1. The normalized spacial score (nSPS) is 10.8. The van der Waals surface area contributed by atoms with Gasteiger partial charge in [-0.05, 0) is 35.9 Å². The predicted octanol–water partition coefficient (Wildman–Crippen LogP) is 3.65. The van der Waals surface area contributed by atoms with Crippen LogP contribution in [-0.2, 0) is 0 Å². The summed E-state index contributed by atoms with van der Waals surface area (Å²) < 4.78 is 0. The molecular formula is C15H11ClO3. The molecule has 2 aromatic rings. The van der Waals surface area contributed by atoms with Crippen LogP contribution in [0.3, 0.4) is 0 Å². The van der Waals surface area contributed by atoms with Gasteiger partial charge in [-0.1, -0.05) is 29.8 Å². The molecule has 0 amide bonds. The average molecular weight is 275 g/mol. The lowest BCUT2D eigenvalue weighted by Gasteiger charge is -2.01. The quantitative estimate of drug-likeness (QED) is 0.663. The largest absolute Gasteiger partial charge is 0.508 e. The molecular weight excluding hydrogens is 264 g/mol. The number of ketones is 1. The highest BCUT2D eigenvalue weighted by atomic mass is 35.5. The Balaban J connectivity index is 2.21. The number of phenols is 2. The molecule has 19 heavy (non-hydrogen) atoms. The van der Waals surface area contributed by atoms with Crippen LogP contribution >= 0.6 is 11.6 Å². The minimum Gasteiger partial charge on any atom is -0.508 e. The minimum absolute atomic E-state index is 0.0899. The number of aromatic hydroxyl groups is 2. The van der Waals surface area contributed by atoms with Gasteiger partial charge >= 0.3 is 0 Å². The summed E-state index contributed by atoms with van der Waals surface area (Å²) in [6.07, 6.45) is 2.96. The third-order valence-corrected chi connectivity index (χ3v) is 2.76. The minimum atomic E-state index is -0.350. The Morgan fingerprint density at radius 2 is 1.89 bits per heavy atom. The fourth-order valence-electron chi connectivity index (χ4n) is 1.60. The first kappa shape index (κ1) is 13.2. The zero-order valence-corrected chi connectivity index (χ0v) is 10.6. The highest BCUT2D eigenvalue weighted by Gasteiger charge is 2.08. The van der Waals surface area contributed by atoms with E-state index in [1.165, 1.54) is 18.2 Å². The fourth-order valence-corrected chi connectivity index (χ4v) is 1.80. The summed E-state index contributed by atoms with van der Waals surface area (Å²) in [6.45, 7) is 0. The molecule has 4 heteroatoms. The molecule has 0 aliphatic rings. The van der Waals surface area contributed by atoms with Crippen LogP contribution in [0.1, 0.15) is 15.9 Å². The van der Waals surface area contributed by atoms with Gasteiger partial charge in [0, 0.05) is 11.1 Å². The van der Waals surface area contributed by atoms with Gasteiger partial charge in [-0.25, -0.2) is 0 Å². The van der Waals surface area contributed by atoms with Crippen LogP contribution in [0, 0.1) is 0 Å². The second-order valence-corrected chi connectivity index (χ2v) is 4.39. The molecule has 0 fully saturated rings. The monoisotopic (exact) mass is 274 g/mol. The van der Waals surface area contributed by atoms with Crippen molar-refractivity contribution in [2.75, 3.05) is 0 Å². The molecule has 2 rings (SSSR count). The number of benzene rings is 2. The first-order valence-electron chi connectivity index (χ1n) is 5.56. The lowest BCUT2D eigenvalue weighted by molar-refractivity contribution is 0.104. The van der Waals surface area contributed by atoms with Crippen molar-refractivity contribution in [2.24, 2.45) is 0 Å². The second-order valence-electron chi connectivity index (χ2n) is 3.95. The van der Waals surface area contributed by atoms with Gasteiger partial charge in [0.25, 0.3) is 0 Å². The van der Waals surface area contributed by atoms with Crippen molar-refractivity contribution in [1.82, 2.24) is 0 Å². The number of carbonyl (C=O) groups excluding carboxylic acids is 1. The van der Waals surface area contributed by atoms with Crippen LogP contribution in [-0.4, -0.2) is 16.0 Å². The Morgan fingerprint density at radius 1 is 1.11 bits per heavy atom. The molecule has 96 valence electrons. The van der Waals surface area contributed by atoms with Gasteiger partial charge in [0.2, 0.25) is 0 Å². The van der Waals surface area contributed by atoms with Gasteiger partial charge in [0.1, 0.15) is 11.5 Å². The summed E-state index contributed by atoms with van der Waals surface area (Å²) >= 11 is 5.83. The maximum Gasteiger partial charge on any atom is 0.189 e. The highest BCUT2D eigenvalue weighted by Crippen LogP contribution is 2.23. The molecule has 0 saturated carbocycles. The molecule has 0 atom stereocenters. The first-order chi connectivity index (χ1) is 9.06. The molecule has 0 aliphatic heterocycles. The molecule has 2 aromatic carbocycles. The van der Waals surface area contributed by atoms with Gasteiger partial charge in [-0.2, -0.15) is 0 Å². The van der Waals surface area contributed by atoms with E-state index in [0.29, 0.717) is 5.02 Å². The highest BCUT2D eigenvalue weighted by molar-refractivity contribution is 6.30. The molecule has 0 radical (unpaired) electrons. The number of hydrogen-bond acceptors (Lipinski definition) is 3. The van der Waals surface area contributed by atoms with Gasteiger partial charge in [-0.15, -0.1) is 0 Å². The van der Waals surface area contributed by atoms with Crippen molar-refractivity contribution in [1.29, 1.82) is 0 Å². The van der Waals surface area contributed by atoms with Crippen LogP contribution in [0.25, 0.3) is 6.08 Å². The van der Waals surface area contributed by atoms with E-state index in [2.05, 4.69) is 0 Å². The van der Waals surface area contributed by atoms with E-state index in [1.54, 1.807) is 24.3 Å². The van der Waals surface area contributed by atoms with Crippen molar-refractivity contribution in [3.63, 3.8) is 0 Å². The molecule has 0 aromatic heterocycles. The van der Waals surface area contributed by atoms with Crippen LogP contribution in [0.5, 0.6) is 11.5 Å². The summed E-state index contributed by atoms with van der Waals surface area (Å²) in [5.41, 5.74) is 0.926. The summed E-state index contributed by atoms with van der Waals surface area (Å²) in [5, 5.41) is 19.3. The maximum atomic E-state index is 11.9. The van der Waals surface area contributed by atoms with Crippen LogP contribution in [0.4, 0.5) is 0 Å². The number of carbonyl (C=O) groups is 1. The van der Waals surface area contributed by atoms with E-state index in [-0.39, 0.29) is 22.8 Å². The van der Waals surface area contributed by atoms with Crippen LogP contribution in [0.15, 0.2) is 48.5 Å². The maximum absolute atomic E-state index is 11.9. The summed E-state index contributed by atoms with van der Waals surface area (Å²) in [5.74, 6) is -0.689. The predicted molar refractivity (Wildman–Crippen MR) is 74.6 cm³/mol. The number of allylic oxidation sites excluding steroid dienone is 1. The molecule has 3 nitrogen and oxygen atoms in total. The Morgan fingerprint density at radius 3 is 2.58 bits per heavy atom. The first-order valence-corrected chi connectivity index (χ1v) is 5.94. The average Bonchev–Trinajstić information content (AvgIpc) is 2.36. The molecule has 0 unspecified atom stereocenters. The molecule has 0 bridgehead atoms. The Hall–Kier alpha value is -2.26. The molecule has 2 N–H and O–H groups in total. The van der Waals surface area contributed by atoms with Crippen molar-refractivity contribution in [2.45, 2.75) is 0 Å². The second kappa shape index (κ2) is 5.59. The van der Waals surface area contributed by atoms with E-state index in [9.17, 15) is 9.90 Å². The Bertz CT molecular complexity index is 648. The van der Waals surface area contributed by atoms with Crippen molar-refractivity contribution in [3.8, 4) is 11.5 Å². The SMILES string of the molecule is O=C(/C=C/c1cccc(Cl)c1)c1ccc(O)cc1O. The third kappa shape index (κ3) is 3.36. The Kier molecular flexibility index (Phi) is 3.88. The molecule has 0 saturated heterocycles. The van der Waals surface area contributed by atoms with Crippen LogP contribution < -0.4 is 0 Å². The number of hydrogen-bond donors (Lipinski definition) is 2. The lowest BCUT2D eigenvalue weighted by atomic mass is 10.1. The summed E-state index contributed by atoms with van der Waals surface area (Å²) in [6, 6.07) is 10.9. The summed E-state index contributed by atoms with van der Waals surface area (Å²) in [4.78, 5) is 11.9. The zero-order chi connectivity index (χ0) is 13.8. The van der Waals surface area contributed by atoms with Gasteiger partial charge < -0.3 is 10.2 Å². The molecule has 0 spiro atoms. The van der Waals surface area contributed by atoms with E-state index >= 15 is 0 Å². The number of rotatable bonds is 3. The van der Waals surface area contributed by atoms with Gasteiger partial charge in [-0.3, -0.25) is 4.79 Å². The Labute approximate surface area is 115 Å². The fraction of sp³-hybridized carbons (Fsp3) is 0. The van der Waals surface area contributed by atoms with Gasteiger partial charge in [0.15, 0.2) is 5.78 Å². The van der Waals surface area contributed by atoms with E-state index < -0.39 is 0 Å². The van der Waals surface area contributed by atoms with Crippen molar-refractivity contribution >= 4 is 23.5 Å².